The van der Waals surface area contributed by atoms with Gasteiger partial charge in [-0.3, -0.25) is 0 Å². The fraction of sp³-hybridized carbons (Fsp3) is 0.182. The molecule has 0 amide bonds. The molecule has 15 aromatic carbocycles. The molecule has 0 atom stereocenters. The minimum Gasteiger partial charge on any atom is -0.310 e. The molecule has 0 saturated heterocycles. The van der Waals surface area contributed by atoms with Gasteiger partial charge in [-0.15, -0.1) is 0 Å². The van der Waals surface area contributed by atoms with Gasteiger partial charge in [-0.25, -0.2) is 0 Å². The van der Waals surface area contributed by atoms with Gasteiger partial charge in [0.1, 0.15) is 0 Å². The predicted octanol–water partition coefficient (Wildman–Crippen LogP) is 28.2. The third-order valence-corrected chi connectivity index (χ3v) is 25.2. The van der Waals surface area contributed by atoms with Crippen LogP contribution in [0, 0.1) is 0 Å². The van der Waals surface area contributed by atoms with E-state index in [1.54, 1.807) is 0 Å². The Hall–Kier alpha value is -12.6. The summed E-state index contributed by atoms with van der Waals surface area (Å²) in [7, 11) is 0. The van der Waals surface area contributed by atoms with Crippen LogP contribution < -0.4 is 26.2 Å². The molecule has 0 N–H and O–H groups in total. The van der Waals surface area contributed by atoms with Gasteiger partial charge in [-0.1, -0.05) is 340 Å². The smallest absolute Gasteiger partial charge is 0.252 e. The number of hydrogen-bond donors (Lipinski definition) is 0. The molecule has 0 radical (unpaired) electrons. The molecule has 566 valence electrons. The van der Waals surface area contributed by atoms with E-state index >= 15 is 0 Å². The van der Waals surface area contributed by atoms with Crippen LogP contribution >= 0.6 is 0 Å². The minimum atomic E-state index is -0.357. The van der Waals surface area contributed by atoms with Crippen LogP contribution in [0.3, 0.4) is 0 Å². The van der Waals surface area contributed by atoms with Crippen molar-refractivity contribution in [1.29, 1.82) is 0 Å². The summed E-state index contributed by atoms with van der Waals surface area (Å²) in [5.74, 6) is 0. The Morgan fingerprint density at radius 1 is 0.207 bits per heavy atom. The summed E-state index contributed by atoms with van der Waals surface area (Å²) in [6.07, 6.45) is 0. The molecule has 116 heavy (non-hydrogen) atoms. The summed E-state index contributed by atoms with van der Waals surface area (Å²) in [4.78, 5) is 5.49. The largest absolute Gasteiger partial charge is 0.310 e. The lowest BCUT2D eigenvalue weighted by Gasteiger charge is -2.46. The molecule has 18 aromatic rings. The first-order chi connectivity index (χ1) is 55.7. The standard InChI is InChI=1S/C110H98BN5/c1-106(2,3)73-51-43-69(44-52-73)81-35-27-36-82(70-45-53-74(54-46-70)107(4,5)6)104(81)115-99-65-79(113-93-39-23-19-31-85(93)86-32-20-24-40-94(86)113)59-61-91(99)111-92-62-60-80(114-96-42-26-22-34-88(96)90-67-89-87-33-21-25-41-95(87)112(97(89)68-98(90)114)78-29-17-16-18-30-78)66-100(92)116(102-64-77(110(13,14)15)63-101(115)103(102)111)105-83(71-47-55-75(56-48-71)108(7,8)9)37-28-38-84(105)72-49-57-76(58-50-72)109(10,11)12/h16-68H,1-15H3. The van der Waals surface area contributed by atoms with Gasteiger partial charge in [-0.05, 0) is 178 Å². The van der Waals surface area contributed by atoms with Crippen molar-refractivity contribution in [3.05, 3.63) is 349 Å². The highest BCUT2D eigenvalue weighted by Gasteiger charge is 2.47. The third kappa shape index (κ3) is 11.7. The van der Waals surface area contributed by atoms with Crippen LogP contribution in [0.15, 0.2) is 322 Å². The van der Waals surface area contributed by atoms with Gasteiger partial charge >= 0.3 is 0 Å². The number of aromatic nitrogens is 3. The van der Waals surface area contributed by atoms with E-state index in [9.17, 15) is 0 Å². The van der Waals surface area contributed by atoms with Crippen molar-refractivity contribution in [2.45, 2.75) is 131 Å². The molecule has 0 bridgehead atoms. The van der Waals surface area contributed by atoms with Crippen LogP contribution in [0.4, 0.5) is 34.1 Å². The van der Waals surface area contributed by atoms with Gasteiger partial charge in [0.2, 0.25) is 0 Å². The predicted molar refractivity (Wildman–Crippen MR) is 499 cm³/mol. The maximum Gasteiger partial charge on any atom is 0.252 e. The van der Waals surface area contributed by atoms with Gasteiger partial charge in [0, 0.05) is 94.4 Å². The maximum atomic E-state index is 2.75. The molecule has 0 unspecified atom stereocenters. The topological polar surface area (TPSA) is 21.3 Å². The van der Waals surface area contributed by atoms with E-state index in [1.165, 1.54) is 93.1 Å². The first-order valence-electron chi connectivity index (χ1n) is 41.5. The van der Waals surface area contributed by atoms with E-state index in [0.717, 1.165) is 112 Å². The summed E-state index contributed by atoms with van der Waals surface area (Å²) < 4.78 is 7.55. The van der Waals surface area contributed by atoms with Crippen molar-refractivity contribution in [2.24, 2.45) is 0 Å². The Bertz CT molecular complexity index is 6790. The number of anilines is 6. The molecular formula is C110H98BN5. The molecule has 6 heteroatoms. The van der Waals surface area contributed by atoms with Gasteiger partial charge < -0.3 is 23.5 Å². The van der Waals surface area contributed by atoms with Crippen molar-refractivity contribution < 1.29 is 0 Å². The molecule has 5 heterocycles. The van der Waals surface area contributed by atoms with Crippen LogP contribution in [0.25, 0.3) is 127 Å². The molecule has 0 saturated carbocycles. The molecule has 2 aliphatic heterocycles. The fourth-order valence-electron chi connectivity index (χ4n) is 19.0. The highest BCUT2D eigenvalue weighted by Crippen LogP contribution is 2.55. The van der Waals surface area contributed by atoms with Gasteiger partial charge in [0.05, 0.1) is 44.5 Å². The average molecular weight is 1500 g/mol. The summed E-state index contributed by atoms with van der Waals surface area (Å²) in [6.45, 7) is 34.8. The Morgan fingerprint density at radius 2 is 0.500 bits per heavy atom. The molecule has 20 rings (SSSR count). The molecule has 0 fully saturated rings. The Labute approximate surface area is 683 Å². The summed E-state index contributed by atoms with van der Waals surface area (Å²) in [6, 6.07) is 124. The summed E-state index contributed by atoms with van der Waals surface area (Å²) in [5, 5.41) is 7.34. The van der Waals surface area contributed by atoms with E-state index in [-0.39, 0.29) is 33.8 Å². The first-order valence-corrected chi connectivity index (χ1v) is 41.5. The van der Waals surface area contributed by atoms with Crippen LogP contribution in [-0.4, -0.2) is 20.4 Å². The Balaban J connectivity index is 0.947. The number of rotatable bonds is 9. The molecule has 3 aromatic heterocycles. The molecule has 5 nitrogen and oxygen atoms in total. The normalized spacial score (nSPS) is 13.2. The van der Waals surface area contributed by atoms with E-state index in [0.29, 0.717) is 0 Å². The molecule has 0 spiro atoms. The van der Waals surface area contributed by atoms with Crippen molar-refractivity contribution >= 4 is 123 Å². The zero-order valence-corrected chi connectivity index (χ0v) is 69.4. The third-order valence-electron chi connectivity index (χ3n) is 25.2. The van der Waals surface area contributed by atoms with Crippen molar-refractivity contribution in [3.63, 3.8) is 0 Å². The Morgan fingerprint density at radius 3 is 0.828 bits per heavy atom. The van der Waals surface area contributed by atoms with E-state index in [2.05, 4.69) is 449 Å². The first kappa shape index (κ1) is 72.3. The quantitative estimate of drug-likeness (QED) is 0.134. The molecular weight excluding hydrogens is 1400 g/mol. The lowest BCUT2D eigenvalue weighted by atomic mass is 9.33. The maximum absolute atomic E-state index is 2.75. The molecule has 2 aliphatic rings. The number of nitrogens with zero attached hydrogens (tertiary/aromatic N) is 5. The van der Waals surface area contributed by atoms with Crippen LogP contribution in [-0.2, 0) is 27.1 Å². The highest BCUT2D eigenvalue weighted by atomic mass is 15.2. The monoisotopic (exact) mass is 1500 g/mol. The average Bonchev–Trinajstić information content (AvgIpc) is 0.748. The van der Waals surface area contributed by atoms with Crippen LogP contribution in [0.1, 0.15) is 132 Å². The fourth-order valence-corrected chi connectivity index (χ4v) is 19.0. The second-order valence-electron chi connectivity index (χ2n) is 37.8. The summed E-state index contributed by atoms with van der Waals surface area (Å²) >= 11 is 0. The minimum absolute atomic E-state index is 0.0527. The van der Waals surface area contributed by atoms with Crippen LogP contribution in [0.2, 0.25) is 0 Å². The van der Waals surface area contributed by atoms with E-state index in [4.69, 9.17) is 0 Å². The summed E-state index contributed by atoms with van der Waals surface area (Å²) in [5.41, 5.74) is 35.8. The zero-order chi connectivity index (χ0) is 79.8. The van der Waals surface area contributed by atoms with Gasteiger partial charge in [-0.2, -0.15) is 0 Å². The highest BCUT2D eigenvalue weighted by molar-refractivity contribution is 7.00. The van der Waals surface area contributed by atoms with Gasteiger partial charge in [0.25, 0.3) is 6.71 Å². The van der Waals surface area contributed by atoms with Crippen LogP contribution in [0.5, 0.6) is 0 Å². The SMILES string of the molecule is CC(C)(C)c1ccc(-c2cccc(-c3ccc(C(C)(C)C)cc3)c2N2c3cc(-n4c5ccccc5c5ccccc54)ccc3B3c4ccc(-n5c6ccccc6c6cc7c8ccccc8n(-c8ccccc8)c7cc65)cc4N(c4c(-c5ccc(C(C)(C)C)cc5)cccc4-c4ccc(C(C)(C)C)cc4)c4cc(C(C)(C)C)cc2c43)cc1. The number of fused-ring (bicyclic) bond motifs is 13. The lowest BCUT2D eigenvalue weighted by molar-refractivity contribution is 0.590. The van der Waals surface area contributed by atoms with Crippen molar-refractivity contribution in [3.8, 4) is 61.6 Å². The Kier molecular flexibility index (Phi) is 16.5. The number of hydrogen-bond acceptors (Lipinski definition) is 2. The lowest BCUT2D eigenvalue weighted by Crippen LogP contribution is -2.61. The van der Waals surface area contributed by atoms with E-state index in [1.807, 2.05) is 0 Å². The second kappa shape index (κ2) is 26.5. The van der Waals surface area contributed by atoms with Crippen molar-refractivity contribution in [1.82, 2.24) is 13.7 Å². The van der Waals surface area contributed by atoms with E-state index < -0.39 is 0 Å². The number of benzene rings is 15. The second-order valence-corrected chi connectivity index (χ2v) is 37.8. The number of para-hydroxylation sites is 7. The van der Waals surface area contributed by atoms with Crippen molar-refractivity contribution in [2.75, 3.05) is 9.80 Å². The zero-order valence-electron chi connectivity index (χ0n) is 69.4. The van der Waals surface area contributed by atoms with Gasteiger partial charge in [0.15, 0.2) is 0 Å². The molecule has 0 aliphatic carbocycles.